The van der Waals surface area contributed by atoms with Crippen molar-refractivity contribution in [3.63, 3.8) is 0 Å². The lowest BCUT2D eigenvalue weighted by Crippen LogP contribution is -2.48. The summed E-state index contributed by atoms with van der Waals surface area (Å²) in [4.78, 5) is 26.3. The zero-order chi connectivity index (χ0) is 17.6. The molecular weight excluding hydrogens is 322 g/mol. The fourth-order valence-electron chi connectivity index (χ4n) is 4.23. The Kier molecular flexibility index (Phi) is 4.25. The van der Waals surface area contributed by atoms with E-state index in [1.165, 1.54) is 6.92 Å². The Morgan fingerprint density at radius 3 is 2.44 bits per heavy atom. The monoisotopic (exact) mass is 345 g/mol. The Morgan fingerprint density at radius 2 is 1.84 bits per heavy atom. The molecule has 0 N–H and O–H groups in total. The number of epoxide rings is 1. The highest BCUT2D eigenvalue weighted by molar-refractivity contribution is 5.79. The van der Waals surface area contributed by atoms with Crippen molar-refractivity contribution >= 4 is 11.9 Å². The quantitative estimate of drug-likeness (QED) is 0.595. The summed E-state index contributed by atoms with van der Waals surface area (Å²) in [6.45, 7) is 1.35. The van der Waals surface area contributed by atoms with Gasteiger partial charge in [-0.15, -0.1) is 0 Å². The number of ether oxygens (including phenoxy) is 3. The standard InChI is InChI=1S/C19H23NO5/c1-11(21)23-10-14(12-6-4-3-5-7-12)19(22)24-13-8-15-17-18(25-17)16(9-13)20(15)2/h3-7,13-18H,8-10H2,1-2H3/t13?,14-,15?,16?,17?,18?/m1/s1. The molecule has 6 heteroatoms. The minimum atomic E-state index is -0.590. The molecule has 0 amide bonds. The second-order valence-corrected chi connectivity index (χ2v) is 7.16. The smallest absolute Gasteiger partial charge is 0.317 e. The maximum atomic E-state index is 12.8. The van der Waals surface area contributed by atoms with Gasteiger partial charge in [0.1, 0.15) is 30.8 Å². The molecule has 1 aromatic carbocycles. The zero-order valence-electron chi connectivity index (χ0n) is 14.5. The van der Waals surface area contributed by atoms with Gasteiger partial charge in [0.15, 0.2) is 0 Å². The van der Waals surface area contributed by atoms with Crippen LogP contribution in [0.3, 0.4) is 0 Å². The van der Waals surface area contributed by atoms with Gasteiger partial charge >= 0.3 is 11.9 Å². The summed E-state index contributed by atoms with van der Waals surface area (Å²) in [5.41, 5.74) is 0.802. The van der Waals surface area contributed by atoms with Crippen molar-refractivity contribution < 1.29 is 23.8 Å². The SMILES string of the molecule is CC(=O)OC[C@@H](C(=O)OC1CC2C3OC3C(C1)N2C)c1ccccc1. The average molecular weight is 345 g/mol. The fraction of sp³-hybridized carbons (Fsp3) is 0.579. The molecule has 2 bridgehead atoms. The molecule has 3 aliphatic rings. The Labute approximate surface area is 147 Å². The van der Waals surface area contributed by atoms with Gasteiger partial charge in [0.05, 0.1) is 0 Å². The van der Waals surface area contributed by atoms with Gasteiger partial charge in [0, 0.05) is 31.8 Å². The number of hydrogen-bond acceptors (Lipinski definition) is 6. The van der Waals surface area contributed by atoms with Gasteiger partial charge in [-0.2, -0.15) is 0 Å². The minimum Gasteiger partial charge on any atom is -0.465 e. The van der Waals surface area contributed by atoms with Crippen molar-refractivity contribution in [3.05, 3.63) is 35.9 Å². The zero-order valence-corrected chi connectivity index (χ0v) is 14.5. The van der Waals surface area contributed by atoms with Crippen LogP contribution < -0.4 is 0 Å². The molecule has 3 heterocycles. The van der Waals surface area contributed by atoms with Crippen LogP contribution in [0.1, 0.15) is 31.2 Å². The van der Waals surface area contributed by atoms with E-state index in [1.54, 1.807) is 0 Å². The maximum Gasteiger partial charge on any atom is 0.317 e. The number of likely N-dealkylation sites (N-methyl/N-ethyl adjacent to an activating group) is 1. The lowest BCUT2D eigenvalue weighted by molar-refractivity contribution is -0.158. The van der Waals surface area contributed by atoms with Crippen molar-refractivity contribution in [1.82, 2.24) is 4.90 Å². The van der Waals surface area contributed by atoms with Crippen molar-refractivity contribution in [1.29, 1.82) is 0 Å². The maximum absolute atomic E-state index is 12.8. The van der Waals surface area contributed by atoms with Crippen LogP contribution in [0.5, 0.6) is 0 Å². The van der Waals surface area contributed by atoms with Crippen molar-refractivity contribution in [2.24, 2.45) is 0 Å². The molecule has 5 atom stereocenters. The lowest BCUT2D eigenvalue weighted by Gasteiger charge is -2.38. The first-order valence-corrected chi connectivity index (χ1v) is 8.81. The van der Waals surface area contributed by atoms with Crippen LogP contribution in [0.2, 0.25) is 0 Å². The highest BCUT2D eigenvalue weighted by Crippen LogP contribution is 2.48. The highest BCUT2D eigenvalue weighted by Gasteiger charge is 2.62. The fourth-order valence-corrected chi connectivity index (χ4v) is 4.23. The first-order chi connectivity index (χ1) is 12.0. The molecule has 3 saturated heterocycles. The van der Waals surface area contributed by atoms with Gasteiger partial charge in [-0.05, 0) is 12.6 Å². The van der Waals surface area contributed by atoms with Crippen molar-refractivity contribution in [2.45, 2.75) is 56.1 Å². The number of esters is 2. The summed E-state index contributed by atoms with van der Waals surface area (Å²) in [5.74, 6) is -1.31. The number of rotatable bonds is 5. The number of carbonyl (C=O) groups excluding carboxylic acids is 2. The molecule has 6 nitrogen and oxygen atoms in total. The molecule has 0 saturated carbocycles. The molecule has 134 valence electrons. The number of morpholine rings is 1. The molecule has 0 spiro atoms. The third-order valence-corrected chi connectivity index (χ3v) is 5.60. The highest BCUT2D eigenvalue weighted by atomic mass is 16.6. The number of carbonyl (C=O) groups is 2. The van der Waals surface area contributed by atoms with Crippen molar-refractivity contribution in [3.8, 4) is 0 Å². The summed E-state index contributed by atoms with van der Waals surface area (Å²) >= 11 is 0. The second kappa shape index (κ2) is 6.42. The Bertz CT molecular complexity index is 645. The van der Waals surface area contributed by atoms with E-state index in [2.05, 4.69) is 11.9 Å². The Balaban J connectivity index is 1.43. The van der Waals surface area contributed by atoms with Gasteiger partial charge in [-0.25, -0.2) is 0 Å². The molecular formula is C19H23NO5. The molecule has 3 fully saturated rings. The van der Waals surface area contributed by atoms with Gasteiger partial charge in [0.2, 0.25) is 0 Å². The van der Waals surface area contributed by atoms with E-state index in [9.17, 15) is 9.59 Å². The molecule has 4 rings (SSSR count). The van der Waals surface area contributed by atoms with E-state index in [4.69, 9.17) is 14.2 Å². The van der Waals surface area contributed by atoms with Crippen LogP contribution in [0.15, 0.2) is 30.3 Å². The largest absolute Gasteiger partial charge is 0.465 e. The molecule has 0 aliphatic carbocycles. The summed E-state index contributed by atoms with van der Waals surface area (Å²) in [7, 11) is 2.12. The minimum absolute atomic E-state index is 0.00597. The van der Waals surface area contributed by atoms with E-state index in [-0.39, 0.29) is 18.7 Å². The van der Waals surface area contributed by atoms with E-state index in [1.807, 2.05) is 30.3 Å². The summed E-state index contributed by atoms with van der Waals surface area (Å²) < 4.78 is 16.6. The van der Waals surface area contributed by atoms with E-state index in [0.29, 0.717) is 24.3 Å². The number of hydrogen-bond donors (Lipinski definition) is 0. The second-order valence-electron chi connectivity index (χ2n) is 7.16. The number of benzene rings is 1. The summed E-state index contributed by atoms with van der Waals surface area (Å²) in [6.07, 6.45) is 2.12. The number of piperidine rings is 1. The lowest BCUT2D eigenvalue weighted by atomic mass is 9.97. The third-order valence-electron chi connectivity index (χ3n) is 5.60. The van der Waals surface area contributed by atoms with Gasteiger partial charge < -0.3 is 14.2 Å². The van der Waals surface area contributed by atoms with Crippen LogP contribution in [-0.4, -0.2) is 60.9 Å². The van der Waals surface area contributed by atoms with Crippen LogP contribution in [-0.2, 0) is 23.8 Å². The predicted octanol–water partition coefficient (Wildman–Crippen LogP) is 1.49. The van der Waals surface area contributed by atoms with E-state index >= 15 is 0 Å². The van der Waals surface area contributed by atoms with Crippen LogP contribution >= 0.6 is 0 Å². The molecule has 4 unspecified atom stereocenters. The molecule has 25 heavy (non-hydrogen) atoms. The topological polar surface area (TPSA) is 68.4 Å². The predicted molar refractivity (Wildman–Crippen MR) is 88.9 cm³/mol. The normalized spacial score (nSPS) is 34.1. The summed E-state index contributed by atoms with van der Waals surface area (Å²) in [5, 5.41) is 0. The molecule has 3 aliphatic heterocycles. The van der Waals surface area contributed by atoms with Gasteiger partial charge in [-0.1, -0.05) is 30.3 Å². The Morgan fingerprint density at radius 1 is 1.20 bits per heavy atom. The van der Waals surface area contributed by atoms with Crippen LogP contribution in [0.25, 0.3) is 0 Å². The molecule has 1 aromatic rings. The summed E-state index contributed by atoms with van der Waals surface area (Å²) in [6, 6.07) is 10.0. The van der Waals surface area contributed by atoms with Gasteiger partial charge in [0.25, 0.3) is 0 Å². The first kappa shape index (κ1) is 16.5. The Hall–Kier alpha value is -1.92. The van der Waals surface area contributed by atoms with Crippen molar-refractivity contribution in [2.75, 3.05) is 13.7 Å². The van der Waals surface area contributed by atoms with Crippen LogP contribution in [0.4, 0.5) is 0 Å². The van der Waals surface area contributed by atoms with E-state index < -0.39 is 11.9 Å². The molecule has 0 radical (unpaired) electrons. The van der Waals surface area contributed by atoms with Gasteiger partial charge in [-0.3, -0.25) is 14.5 Å². The average Bonchev–Trinajstić information content (AvgIpc) is 3.34. The third kappa shape index (κ3) is 3.16. The van der Waals surface area contributed by atoms with E-state index in [0.717, 1.165) is 18.4 Å². The first-order valence-electron chi connectivity index (χ1n) is 8.81. The number of nitrogens with zero attached hydrogens (tertiary/aromatic N) is 1. The molecule has 0 aromatic heterocycles. The van der Waals surface area contributed by atoms with Crippen LogP contribution in [0, 0.1) is 0 Å². The number of fused-ring (bicyclic) bond motifs is 5.